The molecule has 0 saturated heterocycles. The van der Waals surface area contributed by atoms with Crippen LogP contribution in [0.25, 0.3) is 0 Å². The van der Waals surface area contributed by atoms with E-state index >= 15 is 0 Å². The molecular formula is C17H19N3O3. The van der Waals surface area contributed by atoms with Crippen LogP contribution in [0.15, 0.2) is 33.5 Å². The van der Waals surface area contributed by atoms with Gasteiger partial charge in [-0.2, -0.15) is 5.10 Å². The Labute approximate surface area is 133 Å². The lowest BCUT2D eigenvalue weighted by atomic mass is 10.2. The van der Waals surface area contributed by atoms with Crippen LogP contribution in [0.4, 0.5) is 0 Å². The van der Waals surface area contributed by atoms with Crippen molar-refractivity contribution in [3.8, 4) is 0 Å². The highest BCUT2D eigenvalue weighted by Crippen LogP contribution is 2.47. The Balaban J connectivity index is 1.51. The van der Waals surface area contributed by atoms with Crippen molar-refractivity contribution in [1.82, 2.24) is 15.1 Å². The Kier molecular flexibility index (Phi) is 3.32. The summed E-state index contributed by atoms with van der Waals surface area (Å²) in [6, 6.07) is 7.02. The van der Waals surface area contributed by atoms with Crippen molar-refractivity contribution in [3.63, 3.8) is 0 Å². The molecule has 2 aliphatic carbocycles. The van der Waals surface area contributed by atoms with E-state index in [0.29, 0.717) is 18.4 Å². The fraction of sp³-hybridized carbons (Fsp3) is 0.471. The number of nitrogens with zero attached hydrogens (tertiary/aromatic N) is 2. The Bertz CT molecular complexity index is 770. The van der Waals surface area contributed by atoms with Crippen LogP contribution in [0.1, 0.15) is 54.1 Å². The number of aromatic nitrogens is 2. The first-order valence-electron chi connectivity index (χ1n) is 8.07. The summed E-state index contributed by atoms with van der Waals surface area (Å²) in [5.41, 5.74) is -0.0483. The second-order valence-electron chi connectivity index (χ2n) is 6.59. The third-order valence-corrected chi connectivity index (χ3v) is 4.63. The summed E-state index contributed by atoms with van der Waals surface area (Å²) in [6.07, 6.45) is 3.18. The lowest BCUT2D eigenvalue weighted by Crippen LogP contribution is -2.33. The molecule has 2 aliphatic rings. The van der Waals surface area contributed by atoms with E-state index in [4.69, 9.17) is 4.42 Å². The maximum atomic E-state index is 12.6. The maximum absolute atomic E-state index is 12.6. The zero-order chi connectivity index (χ0) is 16.0. The van der Waals surface area contributed by atoms with Crippen molar-refractivity contribution in [2.75, 3.05) is 0 Å². The lowest BCUT2D eigenvalue weighted by molar-refractivity contribution is 0.0709. The van der Waals surface area contributed by atoms with Crippen LogP contribution in [-0.2, 0) is 6.54 Å². The molecule has 120 valence electrons. The molecule has 2 aromatic rings. The molecule has 6 nitrogen and oxygen atoms in total. The molecule has 2 aromatic heterocycles. The monoisotopic (exact) mass is 313 g/mol. The third-order valence-electron chi connectivity index (χ3n) is 4.63. The minimum Gasteiger partial charge on any atom is -0.464 e. The number of carbonyl (C=O) groups is 1. The van der Waals surface area contributed by atoms with Gasteiger partial charge in [0.15, 0.2) is 0 Å². The average molecular weight is 313 g/mol. The van der Waals surface area contributed by atoms with Gasteiger partial charge in [0.05, 0.1) is 6.54 Å². The highest BCUT2D eigenvalue weighted by atomic mass is 16.3. The number of H-pyrrole nitrogens is 1. The first kappa shape index (κ1) is 14.2. The van der Waals surface area contributed by atoms with E-state index in [-0.39, 0.29) is 23.2 Å². The van der Waals surface area contributed by atoms with E-state index in [1.165, 1.54) is 18.6 Å². The topological polar surface area (TPSA) is 79.2 Å². The van der Waals surface area contributed by atoms with Crippen LogP contribution < -0.4 is 5.56 Å². The lowest BCUT2D eigenvalue weighted by Gasteiger charge is -2.20. The number of aromatic amines is 1. The van der Waals surface area contributed by atoms with E-state index in [1.54, 1.807) is 4.90 Å². The molecule has 0 bridgehead atoms. The number of furan rings is 1. The molecular weight excluding hydrogens is 294 g/mol. The summed E-state index contributed by atoms with van der Waals surface area (Å²) in [4.78, 5) is 25.5. The van der Waals surface area contributed by atoms with Gasteiger partial charge in [0.2, 0.25) is 0 Å². The largest absolute Gasteiger partial charge is 0.464 e. The van der Waals surface area contributed by atoms with Gasteiger partial charge in [0.1, 0.15) is 17.2 Å². The standard InChI is InChI=1S/C17H19N3O3/c1-10-8-13(10)15-6-4-12(23-15)9-20(11-2-3-11)17(22)14-5-7-16(21)19-18-14/h4-7,10-11,13H,2-3,8-9H2,1H3,(H,19,21)/t10-,13+/m1/s1. The normalized spacial score (nSPS) is 22.8. The summed E-state index contributed by atoms with van der Waals surface area (Å²) in [7, 11) is 0. The number of carbonyl (C=O) groups excluding carboxylic acids is 1. The number of rotatable bonds is 5. The van der Waals surface area contributed by atoms with Crippen molar-refractivity contribution >= 4 is 5.91 Å². The van der Waals surface area contributed by atoms with Gasteiger partial charge in [-0.15, -0.1) is 0 Å². The molecule has 2 saturated carbocycles. The molecule has 0 spiro atoms. The second kappa shape index (κ2) is 5.37. The highest BCUT2D eigenvalue weighted by molar-refractivity contribution is 5.92. The fourth-order valence-corrected chi connectivity index (χ4v) is 2.93. The van der Waals surface area contributed by atoms with E-state index in [0.717, 1.165) is 24.4 Å². The van der Waals surface area contributed by atoms with Crippen LogP contribution in [0, 0.1) is 5.92 Å². The smallest absolute Gasteiger partial charge is 0.274 e. The van der Waals surface area contributed by atoms with Gasteiger partial charge in [-0.3, -0.25) is 9.59 Å². The quantitative estimate of drug-likeness (QED) is 0.918. The number of hydrogen-bond acceptors (Lipinski definition) is 4. The van der Waals surface area contributed by atoms with Crippen molar-refractivity contribution in [2.45, 2.75) is 44.7 Å². The molecule has 4 rings (SSSR count). The predicted octanol–water partition coefficient (Wildman–Crippen LogP) is 2.29. The van der Waals surface area contributed by atoms with Crippen molar-refractivity contribution in [3.05, 3.63) is 51.8 Å². The second-order valence-corrected chi connectivity index (χ2v) is 6.59. The molecule has 2 fully saturated rings. The third kappa shape index (κ3) is 2.93. The highest BCUT2D eigenvalue weighted by Gasteiger charge is 2.38. The molecule has 1 N–H and O–H groups in total. The zero-order valence-electron chi connectivity index (χ0n) is 13.0. The maximum Gasteiger partial charge on any atom is 0.274 e. The van der Waals surface area contributed by atoms with E-state index in [9.17, 15) is 9.59 Å². The zero-order valence-corrected chi connectivity index (χ0v) is 13.0. The SMILES string of the molecule is C[C@@H]1C[C@@H]1c1ccc(CN(C(=O)c2ccc(=O)[nH]n2)C2CC2)o1. The molecule has 23 heavy (non-hydrogen) atoms. The molecule has 1 amide bonds. The Morgan fingerprint density at radius 3 is 2.74 bits per heavy atom. The number of hydrogen-bond donors (Lipinski definition) is 1. The summed E-state index contributed by atoms with van der Waals surface area (Å²) in [5.74, 6) is 2.90. The van der Waals surface area contributed by atoms with E-state index < -0.39 is 0 Å². The van der Waals surface area contributed by atoms with Crippen LogP contribution in [-0.4, -0.2) is 27.0 Å². The molecule has 2 heterocycles. The van der Waals surface area contributed by atoms with Crippen LogP contribution in [0.3, 0.4) is 0 Å². The summed E-state index contributed by atoms with van der Waals surface area (Å²) >= 11 is 0. The molecule has 2 atom stereocenters. The molecule has 0 aliphatic heterocycles. The van der Waals surface area contributed by atoms with Gasteiger partial charge in [-0.1, -0.05) is 6.92 Å². The molecule has 6 heteroatoms. The summed E-state index contributed by atoms with van der Waals surface area (Å²) in [5, 5.41) is 6.16. The predicted molar refractivity (Wildman–Crippen MR) is 83.0 cm³/mol. The molecule has 0 aromatic carbocycles. The van der Waals surface area contributed by atoms with Crippen molar-refractivity contribution in [2.24, 2.45) is 5.92 Å². The number of nitrogens with one attached hydrogen (secondary N) is 1. The van der Waals surface area contributed by atoms with E-state index in [1.807, 2.05) is 12.1 Å². The Morgan fingerprint density at radius 2 is 2.13 bits per heavy atom. The summed E-state index contributed by atoms with van der Waals surface area (Å²) < 4.78 is 5.92. The molecule has 0 unspecified atom stereocenters. The van der Waals surface area contributed by atoms with Gasteiger partial charge in [-0.25, -0.2) is 5.10 Å². The average Bonchev–Trinajstić information content (AvgIpc) is 3.46. The minimum atomic E-state index is -0.311. The van der Waals surface area contributed by atoms with Gasteiger partial charge in [-0.05, 0) is 43.4 Å². The van der Waals surface area contributed by atoms with Crippen LogP contribution >= 0.6 is 0 Å². The van der Waals surface area contributed by atoms with E-state index in [2.05, 4.69) is 17.1 Å². The van der Waals surface area contributed by atoms with Crippen molar-refractivity contribution < 1.29 is 9.21 Å². The fourth-order valence-electron chi connectivity index (χ4n) is 2.93. The van der Waals surface area contributed by atoms with Gasteiger partial charge < -0.3 is 9.32 Å². The van der Waals surface area contributed by atoms with Gasteiger partial charge in [0.25, 0.3) is 11.5 Å². The summed E-state index contributed by atoms with van der Waals surface area (Å²) in [6.45, 7) is 2.67. The first-order chi connectivity index (χ1) is 11.1. The molecule has 0 radical (unpaired) electrons. The van der Waals surface area contributed by atoms with Crippen LogP contribution in [0.2, 0.25) is 0 Å². The minimum absolute atomic E-state index is 0.165. The number of amides is 1. The van der Waals surface area contributed by atoms with Gasteiger partial charge >= 0.3 is 0 Å². The van der Waals surface area contributed by atoms with Crippen LogP contribution in [0.5, 0.6) is 0 Å². The Morgan fingerprint density at radius 1 is 1.35 bits per heavy atom. The van der Waals surface area contributed by atoms with Gasteiger partial charge in [0, 0.05) is 18.0 Å². The van der Waals surface area contributed by atoms with Crippen molar-refractivity contribution in [1.29, 1.82) is 0 Å². The first-order valence-corrected chi connectivity index (χ1v) is 8.07. The Hall–Kier alpha value is -2.37.